The van der Waals surface area contributed by atoms with Crippen molar-refractivity contribution >= 4 is 35.9 Å². The second-order valence-corrected chi connectivity index (χ2v) is 3.06. The molecular formula is C6H12Cl2N4O2. The van der Waals surface area contributed by atoms with Gasteiger partial charge in [-0.2, -0.15) is 0 Å². The van der Waals surface area contributed by atoms with Crippen molar-refractivity contribution in [2.24, 2.45) is 5.73 Å². The van der Waals surface area contributed by atoms with E-state index in [0.29, 0.717) is 13.1 Å². The topological polar surface area (TPSA) is 96.2 Å². The third-order valence-electron chi connectivity index (χ3n) is 1.58. The molecule has 1 saturated heterocycles. The van der Waals surface area contributed by atoms with Crippen molar-refractivity contribution in [2.45, 2.75) is 11.5 Å². The standard InChI is InChI=1S/C6H11ClN4O2.ClH/c7-3-4(9-2-1-8)10-6(13)11-5(3)12;/h3-4,9H,1-2,8H2,(H2,10,11,12,13);1H. The second kappa shape index (κ2) is 6.02. The quantitative estimate of drug-likeness (QED) is 0.465. The number of imide groups is 1. The summed E-state index contributed by atoms with van der Waals surface area (Å²) in [5, 5.41) is 6.54. The van der Waals surface area contributed by atoms with Crippen LogP contribution in [0.5, 0.6) is 0 Å². The van der Waals surface area contributed by atoms with Crippen LogP contribution in [0.3, 0.4) is 0 Å². The van der Waals surface area contributed by atoms with Crippen molar-refractivity contribution in [1.29, 1.82) is 0 Å². The maximum Gasteiger partial charge on any atom is 0.322 e. The van der Waals surface area contributed by atoms with Gasteiger partial charge in [0.15, 0.2) is 0 Å². The van der Waals surface area contributed by atoms with Crippen molar-refractivity contribution in [3.63, 3.8) is 0 Å². The molecule has 1 aliphatic rings. The lowest BCUT2D eigenvalue weighted by Crippen LogP contribution is -2.64. The lowest BCUT2D eigenvalue weighted by Gasteiger charge is -2.28. The van der Waals surface area contributed by atoms with Gasteiger partial charge in [0.25, 0.3) is 0 Å². The number of hydrogen-bond donors (Lipinski definition) is 4. The highest BCUT2D eigenvalue weighted by Gasteiger charge is 2.33. The molecule has 2 atom stereocenters. The molecule has 0 aromatic heterocycles. The Morgan fingerprint density at radius 2 is 2.14 bits per heavy atom. The lowest BCUT2D eigenvalue weighted by molar-refractivity contribution is -0.121. The Bertz CT molecular complexity index is 226. The average molecular weight is 243 g/mol. The summed E-state index contributed by atoms with van der Waals surface area (Å²) in [7, 11) is 0. The van der Waals surface area contributed by atoms with Gasteiger partial charge in [-0.1, -0.05) is 0 Å². The zero-order valence-electron chi connectivity index (χ0n) is 7.25. The first-order valence-corrected chi connectivity index (χ1v) is 4.27. The number of urea groups is 1. The lowest BCUT2D eigenvalue weighted by atomic mass is 10.2. The smallest absolute Gasteiger partial charge is 0.322 e. The van der Waals surface area contributed by atoms with Gasteiger partial charge in [-0.3, -0.25) is 15.4 Å². The molecule has 1 heterocycles. The van der Waals surface area contributed by atoms with Crippen molar-refractivity contribution in [1.82, 2.24) is 16.0 Å². The van der Waals surface area contributed by atoms with E-state index in [1.54, 1.807) is 0 Å². The van der Waals surface area contributed by atoms with E-state index in [9.17, 15) is 9.59 Å². The van der Waals surface area contributed by atoms with E-state index >= 15 is 0 Å². The van der Waals surface area contributed by atoms with Gasteiger partial charge < -0.3 is 11.1 Å². The maximum absolute atomic E-state index is 11.0. The first kappa shape index (κ1) is 13.4. The van der Waals surface area contributed by atoms with Crippen molar-refractivity contribution < 1.29 is 9.59 Å². The third kappa shape index (κ3) is 3.30. The summed E-state index contributed by atoms with van der Waals surface area (Å²) >= 11 is 5.70. The Kier molecular flexibility index (Phi) is 5.78. The summed E-state index contributed by atoms with van der Waals surface area (Å²) in [6.07, 6.45) is -0.550. The molecule has 0 saturated carbocycles. The number of alkyl halides is 1. The van der Waals surface area contributed by atoms with Crippen LogP contribution in [0.4, 0.5) is 4.79 Å². The third-order valence-corrected chi connectivity index (χ3v) is 2.03. The predicted octanol–water partition coefficient (Wildman–Crippen LogP) is -1.27. The van der Waals surface area contributed by atoms with Gasteiger partial charge in [-0.05, 0) is 0 Å². The van der Waals surface area contributed by atoms with Crippen LogP contribution >= 0.6 is 24.0 Å². The highest BCUT2D eigenvalue weighted by Crippen LogP contribution is 2.04. The van der Waals surface area contributed by atoms with Gasteiger partial charge >= 0.3 is 6.03 Å². The highest BCUT2D eigenvalue weighted by molar-refractivity contribution is 6.33. The summed E-state index contributed by atoms with van der Waals surface area (Å²) in [4.78, 5) is 21.8. The Morgan fingerprint density at radius 3 is 2.71 bits per heavy atom. The Labute approximate surface area is 92.3 Å². The van der Waals surface area contributed by atoms with E-state index in [1.807, 2.05) is 5.32 Å². The molecule has 0 spiro atoms. The predicted molar refractivity (Wildman–Crippen MR) is 54.4 cm³/mol. The first-order valence-electron chi connectivity index (χ1n) is 3.84. The monoisotopic (exact) mass is 242 g/mol. The molecule has 1 rings (SSSR count). The zero-order valence-corrected chi connectivity index (χ0v) is 8.82. The number of amides is 3. The van der Waals surface area contributed by atoms with E-state index in [2.05, 4.69) is 10.6 Å². The summed E-state index contributed by atoms with van der Waals surface area (Å²) in [5.41, 5.74) is 5.24. The number of nitrogens with two attached hydrogens (primary N) is 1. The molecule has 6 nitrogen and oxygen atoms in total. The SMILES string of the molecule is Cl.NCCNC1NC(=O)NC(=O)C1Cl. The average Bonchev–Trinajstić information content (AvgIpc) is 2.09. The molecule has 0 aliphatic carbocycles. The van der Waals surface area contributed by atoms with Crippen LogP contribution in [0.1, 0.15) is 0 Å². The molecule has 2 unspecified atom stereocenters. The molecular weight excluding hydrogens is 231 g/mol. The van der Waals surface area contributed by atoms with E-state index in [-0.39, 0.29) is 12.4 Å². The van der Waals surface area contributed by atoms with Crippen LogP contribution in [0.2, 0.25) is 0 Å². The molecule has 1 aliphatic heterocycles. The van der Waals surface area contributed by atoms with E-state index in [1.165, 1.54) is 0 Å². The molecule has 0 radical (unpaired) electrons. The minimum atomic E-state index is -0.802. The fourth-order valence-electron chi connectivity index (χ4n) is 0.976. The van der Waals surface area contributed by atoms with Gasteiger partial charge in [0, 0.05) is 13.1 Å². The van der Waals surface area contributed by atoms with Crippen LogP contribution < -0.4 is 21.7 Å². The van der Waals surface area contributed by atoms with Crippen LogP contribution in [-0.2, 0) is 4.79 Å². The van der Waals surface area contributed by atoms with Gasteiger partial charge in [-0.15, -0.1) is 24.0 Å². The number of carbonyl (C=O) groups excluding carboxylic acids is 2. The molecule has 5 N–H and O–H groups in total. The van der Waals surface area contributed by atoms with E-state index < -0.39 is 23.5 Å². The molecule has 82 valence electrons. The molecule has 14 heavy (non-hydrogen) atoms. The molecule has 0 aromatic rings. The number of halogens is 2. The van der Waals surface area contributed by atoms with Crippen molar-refractivity contribution in [3.8, 4) is 0 Å². The van der Waals surface area contributed by atoms with Crippen molar-refractivity contribution in [3.05, 3.63) is 0 Å². The largest absolute Gasteiger partial charge is 0.329 e. The summed E-state index contributed by atoms with van der Waals surface area (Å²) in [6.45, 7) is 0.902. The Balaban J connectivity index is 0.00000169. The minimum Gasteiger partial charge on any atom is -0.329 e. The number of carbonyl (C=O) groups is 2. The van der Waals surface area contributed by atoms with Gasteiger partial charge in [-0.25, -0.2) is 4.79 Å². The minimum absolute atomic E-state index is 0. The highest BCUT2D eigenvalue weighted by atomic mass is 35.5. The summed E-state index contributed by atoms with van der Waals surface area (Å²) in [6, 6.07) is -0.545. The number of rotatable bonds is 3. The second-order valence-electron chi connectivity index (χ2n) is 2.58. The number of nitrogens with one attached hydrogen (secondary N) is 3. The van der Waals surface area contributed by atoms with Crippen LogP contribution in [-0.4, -0.2) is 36.6 Å². The van der Waals surface area contributed by atoms with Crippen LogP contribution in [0, 0.1) is 0 Å². The molecule has 1 fully saturated rings. The Morgan fingerprint density at radius 1 is 1.50 bits per heavy atom. The van der Waals surface area contributed by atoms with Gasteiger partial charge in [0.05, 0.1) is 0 Å². The molecule has 3 amide bonds. The Hall–Kier alpha value is -0.560. The number of hydrogen-bond acceptors (Lipinski definition) is 4. The fourth-order valence-corrected chi connectivity index (χ4v) is 1.18. The van der Waals surface area contributed by atoms with Crippen molar-refractivity contribution in [2.75, 3.05) is 13.1 Å². The first-order chi connectivity index (χ1) is 6.15. The van der Waals surface area contributed by atoms with Crippen LogP contribution in [0.15, 0.2) is 0 Å². The van der Waals surface area contributed by atoms with Gasteiger partial charge in [0.1, 0.15) is 11.5 Å². The fraction of sp³-hybridized carbons (Fsp3) is 0.667. The molecule has 0 aromatic carbocycles. The van der Waals surface area contributed by atoms with Crippen LogP contribution in [0.25, 0.3) is 0 Å². The van der Waals surface area contributed by atoms with Gasteiger partial charge in [0.2, 0.25) is 5.91 Å². The summed E-state index contributed by atoms with van der Waals surface area (Å²) in [5.74, 6) is -0.500. The van der Waals surface area contributed by atoms with E-state index in [0.717, 1.165) is 0 Å². The zero-order chi connectivity index (χ0) is 9.84. The normalized spacial score (nSPS) is 26.1. The molecule has 0 bridgehead atoms. The van der Waals surface area contributed by atoms with E-state index in [4.69, 9.17) is 17.3 Å². The maximum atomic E-state index is 11.0. The summed E-state index contributed by atoms with van der Waals surface area (Å²) < 4.78 is 0. The molecule has 8 heteroatoms.